The number of nitrogens with zero attached hydrogens (tertiary/aromatic N) is 2. The smallest absolute Gasteiger partial charge is 0.339 e. The van der Waals surface area contributed by atoms with Gasteiger partial charge in [0.15, 0.2) is 6.61 Å². The van der Waals surface area contributed by atoms with E-state index in [1.54, 1.807) is 21.1 Å². The van der Waals surface area contributed by atoms with Crippen molar-refractivity contribution in [3.63, 3.8) is 0 Å². The molecule has 0 N–H and O–H groups in total. The highest BCUT2D eigenvalue weighted by Gasteiger charge is 2.26. The van der Waals surface area contributed by atoms with E-state index in [4.69, 9.17) is 4.74 Å². The van der Waals surface area contributed by atoms with Gasteiger partial charge in [-0.1, -0.05) is 6.92 Å². The summed E-state index contributed by atoms with van der Waals surface area (Å²) in [7, 11) is 0. The highest BCUT2D eigenvalue weighted by Crippen LogP contribution is 2.33. The van der Waals surface area contributed by atoms with Crippen LogP contribution < -0.4 is 0 Å². The number of rotatable bonds is 3. The molecule has 136 valence electrons. The normalized spacial score (nSPS) is 20.2. The largest absolute Gasteiger partial charge is 0.452 e. The third-order valence-corrected chi connectivity index (χ3v) is 6.08. The molecular formula is C18H24N2O4S. The van der Waals surface area contributed by atoms with Crippen molar-refractivity contribution < 1.29 is 19.1 Å². The van der Waals surface area contributed by atoms with E-state index in [0.717, 1.165) is 24.8 Å². The Morgan fingerprint density at radius 2 is 1.88 bits per heavy atom. The molecule has 2 aliphatic rings. The van der Waals surface area contributed by atoms with Crippen LogP contribution in [-0.2, 0) is 27.2 Å². The molecule has 1 aliphatic carbocycles. The quantitative estimate of drug-likeness (QED) is 0.766. The van der Waals surface area contributed by atoms with Crippen LogP contribution in [0.5, 0.6) is 0 Å². The van der Waals surface area contributed by atoms with E-state index in [1.807, 2.05) is 5.38 Å². The summed E-state index contributed by atoms with van der Waals surface area (Å²) in [6.45, 7) is 5.56. The number of hydrogen-bond donors (Lipinski definition) is 0. The molecule has 7 heteroatoms. The van der Waals surface area contributed by atoms with Crippen LogP contribution in [0.15, 0.2) is 5.38 Å². The van der Waals surface area contributed by atoms with Crippen molar-refractivity contribution in [1.29, 1.82) is 0 Å². The van der Waals surface area contributed by atoms with Crippen LogP contribution in [0.1, 0.15) is 41.1 Å². The van der Waals surface area contributed by atoms with Crippen molar-refractivity contribution in [3.8, 4) is 0 Å². The lowest BCUT2D eigenvalue weighted by molar-refractivity contribution is -0.140. The summed E-state index contributed by atoms with van der Waals surface area (Å²) < 4.78 is 5.26. The van der Waals surface area contributed by atoms with Crippen molar-refractivity contribution in [3.05, 3.63) is 21.4 Å². The maximum atomic E-state index is 12.3. The predicted octanol–water partition coefficient (Wildman–Crippen LogP) is 1.72. The topological polar surface area (TPSA) is 66.9 Å². The maximum Gasteiger partial charge on any atom is 0.339 e. The Labute approximate surface area is 151 Å². The second-order valence-corrected chi connectivity index (χ2v) is 7.83. The molecule has 0 radical (unpaired) electrons. The van der Waals surface area contributed by atoms with Crippen molar-refractivity contribution in [2.45, 2.75) is 33.1 Å². The van der Waals surface area contributed by atoms with Gasteiger partial charge in [0.2, 0.25) is 5.91 Å². The number of ether oxygens (including phenoxy) is 1. The Kier molecular flexibility index (Phi) is 5.42. The fourth-order valence-corrected chi connectivity index (χ4v) is 4.65. The van der Waals surface area contributed by atoms with Crippen molar-refractivity contribution in [1.82, 2.24) is 9.80 Å². The Morgan fingerprint density at radius 3 is 2.56 bits per heavy atom. The van der Waals surface area contributed by atoms with Gasteiger partial charge in [0.25, 0.3) is 5.91 Å². The van der Waals surface area contributed by atoms with Crippen LogP contribution in [-0.4, -0.2) is 60.4 Å². The number of esters is 1. The summed E-state index contributed by atoms with van der Waals surface area (Å²) in [5, 5.41) is 1.86. The molecule has 6 nitrogen and oxygen atoms in total. The number of hydrogen-bond acceptors (Lipinski definition) is 5. The molecule has 1 saturated heterocycles. The van der Waals surface area contributed by atoms with E-state index < -0.39 is 5.97 Å². The Balaban J connectivity index is 1.51. The fourth-order valence-electron chi connectivity index (χ4n) is 3.42. The van der Waals surface area contributed by atoms with Crippen LogP contribution in [0.4, 0.5) is 0 Å². The second kappa shape index (κ2) is 7.56. The van der Waals surface area contributed by atoms with Gasteiger partial charge in [-0.25, -0.2) is 4.79 Å². The fraction of sp³-hybridized carbons (Fsp3) is 0.611. The highest BCUT2D eigenvalue weighted by molar-refractivity contribution is 7.10. The van der Waals surface area contributed by atoms with Gasteiger partial charge in [-0.2, -0.15) is 0 Å². The summed E-state index contributed by atoms with van der Waals surface area (Å²) in [6.07, 6.45) is 3.02. The molecule has 3 rings (SSSR count). The highest BCUT2D eigenvalue weighted by atomic mass is 32.1. The van der Waals surface area contributed by atoms with Gasteiger partial charge < -0.3 is 14.5 Å². The molecule has 1 aliphatic heterocycles. The summed E-state index contributed by atoms with van der Waals surface area (Å²) in [4.78, 5) is 40.5. The SMILES string of the molecule is CC(=O)N1CCN(C(=O)COC(=O)c2csc3c2CC[C@H](C)C3)CC1. The second-order valence-electron chi connectivity index (χ2n) is 6.86. The molecule has 0 aromatic carbocycles. The van der Waals surface area contributed by atoms with Gasteiger partial charge in [0.05, 0.1) is 5.56 Å². The lowest BCUT2D eigenvalue weighted by Crippen LogP contribution is -2.51. The standard InChI is InChI=1S/C18H24N2O4S/c1-12-3-4-14-15(11-25-16(14)9-12)18(23)24-10-17(22)20-7-5-19(6-8-20)13(2)21/h11-12H,3-10H2,1-2H3/t12-/m0/s1. The zero-order valence-corrected chi connectivity index (χ0v) is 15.6. The van der Waals surface area contributed by atoms with Crippen LogP contribution in [0, 0.1) is 5.92 Å². The van der Waals surface area contributed by atoms with Gasteiger partial charge in [-0.3, -0.25) is 9.59 Å². The summed E-state index contributed by atoms with van der Waals surface area (Å²) in [5.74, 6) is 0.0809. The maximum absolute atomic E-state index is 12.3. The number of thiophene rings is 1. The lowest BCUT2D eigenvalue weighted by Gasteiger charge is -2.34. The van der Waals surface area contributed by atoms with E-state index >= 15 is 0 Å². The molecule has 1 aromatic rings. The van der Waals surface area contributed by atoms with Crippen molar-refractivity contribution >= 4 is 29.1 Å². The Bertz CT molecular complexity index is 677. The lowest BCUT2D eigenvalue weighted by atomic mass is 9.88. The monoisotopic (exact) mass is 364 g/mol. The average Bonchev–Trinajstić information content (AvgIpc) is 3.02. The van der Waals surface area contributed by atoms with Crippen LogP contribution in [0.25, 0.3) is 0 Å². The zero-order valence-electron chi connectivity index (χ0n) is 14.7. The van der Waals surface area contributed by atoms with Crippen molar-refractivity contribution in [2.75, 3.05) is 32.8 Å². The van der Waals surface area contributed by atoms with E-state index in [9.17, 15) is 14.4 Å². The molecule has 0 unspecified atom stereocenters. The third kappa shape index (κ3) is 4.03. The first-order valence-electron chi connectivity index (χ1n) is 8.75. The first kappa shape index (κ1) is 17.9. The number of carbonyl (C=O) groups is 3. The van der Waals surface area contributed by atoms with Gasteiger partial charge in [0.1, 0.15) is 0 Å². The first-order chi connectivity index (χ1) is 12.0. The van der Waals surface area contributed by atoms with E-state index in [1.165, 1.54) is 11.8 Å². The van der Waals surface area contributed by atoms with Crippen LogP contribution >= 0.6 is 11.3 Å². The molecule has 0 saturated carbocycles. The van der Waals surface area contributed by atoms with Gasteiger partial charge in [-0.05, 0) is 30.7 Å². The molecule has 1 aromatic heterocycles. The number of carbonyl (C=O) groups excluding carboxylic acids is 3. The number of piperazine rings is 1. The minimum atomic E-state index is -0.400. The third-order valence-electron chi connectivity index (χ3n) is 5.03. The zero-order chi connectivity index (χ0) is 18.0. The van der Waals surface area contributed by atoms with Gasteiger partial charge in [-0.15, -0.1) is 11.3 Å². The van der Waals surface area contributed by atoms with Gasteiger partial charge in [0, 0.05) is 43.4 Å². The molecule has 2 amide bonds. The molecule has 1 atom stereocenters. The predicted molar refractivity (Wildman–Crippen MR) is 94.6 cm³/mol. The van der Waals surface area contributed by atoms with Gasteiger partial charge >= 0.3 is 5.97 Å². The Morgan fingerprint density at radius 1 is 1.20 bits per heavy atom. The minimum Gasteiger partial charge on any atom is -0.452 e. The minimum absolute atomic E-state index is 0.0232. The van der Waals surface area contributed by atoms with Crippen LogP contribution in [0.2, 0.25) is 0 Å². The molecular weight excluding hydrogens is 340 g/mol. The van der Waals surface area contributed by atoms with E-state index in [2.05, 4.69) is 6.92 Å². The summed E-state index contributed by atoms with van der Waals surface area (Å²) in [5.41, 5.74) is 1.73. The first-order valence-corrected chi connectivity index (χ1v) is 9.63. The molecule has 0 spiro atoms. The molecule has 1 fully saturated rings. The van der Waals surface area contributed by atoms with E-state index in [0.29, 0.717) is 37.7 Å². The molecule has 0 bridgehead atoms. The molecule has 2 heterocycles. The van der Waals surface area contributed by atoms with Crippen LogP contribution in [0.3, 0.4) is 0 Å². The number of amides is 2. The Hall–Kier alpha value is -1.89. The number of fused-ring (bicyclic) bond motifs is 1. The van der Waals surface area contributed by atoms with E-state index in [-0.39, 0.29) is 18.4 Å². The molecule has 25 heavy (non-hydrogen) atoms. The summed E-state index contributed by atoms with van der Waals surface area (Å²) >= 11 is 1.62. The van der Waals surface area contributed by atoms with Crippen molar-refractivity contribution in [2.24, 2.45) is 5.92 Å². The average molecular weight is 364 g/mol. The summed E-state index contributed by atoms with van der Waals surface area (Å²) in [6, 6.07) is 0.